The van der Waals surface area contributed by atoms with Crippen molar-refractivity contribution >= 4 is 11.7 Å². The maximum atomic E-state index is 11.0. The fraction of sp³-hybridized carbons (Fsp3) is 0.800. The Morgan fingerprint density at radius 2 is 2.15 bits per heavy atom. The van der Waals surface area contributed by atoms with Crippen molar-refractivity contribution in [2.45, 2.75) is 33.1 Å². The Kier molecular flexibility index (Phi) is 1.90. The molecule has 2 rings (SSSR count). The van der Waals surface area contributed by atoms with Gasteiger partial charge in [-0.05, 0) is 18.8 Å². The third kappa shape index (κ3) is 1.18. The van der Waals surface area contributed by atoms with Gasteiger partial charge in [0.2, 0.25) is 5.91 Å². The molecule has 0 saturated heterocycles. The van der Waals surface area contributed by atoms with E-state index in [1.54, 1.807) is 0 Å². The molecule has 0 spiro atoms. The molecule has 1 saturated carbocycles. The second-order valence-electron chi connectivity index (χ2n) is 4.38. The summed E-state index contributed by atoms with van der Waals surface area (Å²) in [6.07, 6.45) is 3.64. The molecule has 0 atom stereocenters. The molecule has 0 aromatic carbocycles. The number of rotatable bonds is 2. The lowest BCUT2D eigenvalue weighted by Gasteiger charge is -2.45. The zero-order chi connectivity index (χ0) is 9.47. The van der Waals surface area contributed by atoms with Crippen LogP contribution in [0.4, 0.5) is 0 Å². The van der Waals surface area contributed by atoms with Gasteiger partial charge in [0.1, 0.15) is 12.4 Å². The Labute approximate surface area is 78.6 Å². The number of nitrogens with zero attached hydrogens (tertiary/aromatic N) is 1. The van der Waals surface area contributed by atoms with Crippen molar-refractivity contribution in [3.8, 4) is 0 Å². The van der Waals surface area contributed by atoms with Crippen LogP contribution < -0.4 is 5.32 Å². The van der Waals surface area contributed by atoms with Crippen LogP contribution in [0, 0.1) is 11.3 Å². The summed E-state index contributed by atoms with van der Waals surface area (Å²) in [7, 11) is 0. The Morgan fingerprint density at radius 3 is 2.46 bits per heavy atom. The SMILES string of the molecule is CC(C)C1(C2=NCC(=O)N2)CCC1. The highest BCUT2D eigenvalue weighted by molar-refractivity contribution is 6.07. The molecule has 1 aliphatic carbocycles. The summed E-state index contributed by atoms with van der Waals surface area (Å²) in [5.41, 5.74) is 0.201. The van der Waals surface area contributed by atoms with Crippen LogP contribution >= 0.6 is 0 Å². The van der Waals surface area contributed by atoms with Crippen LogP contribution in [0.5, 0.6) is 0 Å². The molecule has 3 heteroatoms. The third-order valence-electron chi connectivity index (χ3n) is 3.46. The Morgan fingerprint density at radius 1 is 1.46 bits per heavy atom. The van der Waals surface area contributed by atoms with Crippen LogP contribution in [-0.2, 0) is 4.79 Å². The van der Waals surface area contributed by atoms with E-state index in [0.717, 1.165) is 5.84 Å². The van der Waals surface area contributed by atoms with E-state index in [0.29, 0.717) is 12.5 Å². The molecule has 1 N–H and O–H groups in total. The Balaban J connectivity index is 2.18. The fourth-order valence-electron chi connectivity index (χ4n) is 2.29. The van der Waals surface area contributed by atoms with Gasteiger partial charge in [0.15, 0.2) is 0 Å². The van der Waals surface area contributed by atoms with Crippen molar-refractivity contribution in [2.75, 3.05) is 6.54 Å². The summed E-state index contributed by atoms with van der Waals surface area (Å²) in [6, 6.07) is 0. The van der Waals surface area contributed by atoms with Crippen molar-refractivity contribution in [1.82, 2.24) is 5.32 Å². The average Bonchev–Trinajstić information content (AvgIpc) is 2.32. The van der Waals surface area contributed by atoms with Gasteiger partial charge in [0, 0.05) is 5.41 Å². The summed E-state index contributed by atoms with van der Waals surface area (Å²) < 4.78 is 0. The predicted molar refractivity (Wildman–Crippen MR) is 51.6 cm³/mol. The van der Waals surface area contributed by atoms with E-state index in [-0.39, 0.29) is 11.3 Å². The monoisotopic (exact) mass is 180 g/mol. The van der Waals surface area contributed by atoms with Gasteiger partial charge in [-0.25, -0.2) is 0 Å². The van der Waals surface area contributed by atoms with Crippen LogP contribution in [-0.4, -0.2) is 18.3 Å². The average molecular weight is 180 g/mol. The summed E-state index contributed by atoms with van der Waals surface area (Å²) in [4.78, 5) is 15.3. The van der Waals surface area contributed by atoms with Gasteiger partial charge in [-0.15, -0.1) is 0 Å². The first-order valence-corrected chi connectivity index (χ1v) is 5.00. The summed E-state index contributed by atoms with van der Waals surface area (Å²) in [5, 5.41) is 2.89. The number of amides is 1. The molecule has 2 aliphatic rings. The second-order valence-corrected chi connectivity index (χ2v) is 4.38. The minimum absolute atomic E-state index is 0.0573. The highest BCUT2D eigenvalue weighted by atomic mass is 16.2. The number of aliphatic imine (C=N–C) groups is 1. The Hall–Kier alpha value is -0.860. The quantitative estimate of drug-likeness (QED) is 0.684. The van der Waals surface area contributed by atoms with Crippen molar-refractivity contribution in [2.24, 2.45) is 16.3 Å². The van der Waals surface area contributed by atoms with Gasteiger partial charge >= 0.3 is 0 Å². The van der Waals surface area contributed by atoms with Gasteiger partial charge in [-0.1, -0.05) is 20.3 Å². The van der Waals surface area contributed by atoms with E-state index in [2.05, 4.69) is 24.2 Å². The maximum Gasteiger partial charge on any atom is 0.247 e. The van der Waals surface area contributed by atoms with E-state index >= 15 is 0 Å². The highest BCUT2D eigenvalue weighted by Crippen LogP contribution is 2.48. The molecule has 0 aromatic rings. The zero-order valence-electron chi connectivity index (χ0n) is 8.26. The third-order valence-corrected chi connectivity index (χ3v) is 3.46. The van der Waals surface area contributed by atoms with E-state index in [1.165, 1.54) is 19.3 Å². The maximum absolute atomic E-state index is 11.0. The number of hydrogen-bond donors (Lipinski definition) is 1. The molecule has 0 bridgehead atoms. The van der Waals surface area contributed by atoms with Crippen molar-refractivity contribution < 1.29 is 4.79 Å². The first-order chi connectivity index (χ1) is 6.15. The first-order valence-electron chi connectivity index (χ1n) is 5.00. The zero-order valence-corrected chi connectivity index (χ0v) is 8.26. The van der Waals surface area contributed by atoms with Crippen molar-refractivity contribution in [3.05, 3.63) is 0 Å². The molecule has 3 nitrogen and oxygen atoms in total. The fourth-order valence-corrected chi connectivity index (χ4v) is 2.29. The van der Waals surface area contributed by atoms with E-state index in [1.807, 2.05) is 0 Å². The van der Waals surface area contributed by atoms with Crippen LogP contribution in [0.3, 0.4) is 0 Å². The summed E-state index contributed by atoms with van der Waals surface area (Å²) in [5.74, 6) is 1.60. The lowest BCUT2D eigenvalue weighted by Crippen LogP contribution is -2.48. The Bertz CT molecular complexity index is 264. The van der Waals surface area contributed by atoms with Crippen LogP contribution in [0.1, 0.15) is 33.1 Å². The molecule has 1 fully saturated rings. The second kappa shape index (κ2) is 2.82. The van der Waals surface area contributed by atoms with Gasteiger partial charge in [-0.2, -0.15) is 0 Å². The highest BCUT2D eigenvalue weighted by Gasteiger charge is 2.46. The normalized spacial score (nSPS) is 25.5. The van der Waals surface area contributed by atoms with Gasteiger partial charge < -0.3 is 5.32 Å². The largest absolute Gasteiger partial charge is 0.312 e. The molecule has 0 unspecified atom stereocenters. The van der Waals surface area contributed by atoms with E-state index < -0.39 is 0 Å². The number of hydrogen-bond acceptors (Lipinski definition) is 2. The molecule has 0 aromatic heterocycles. The molecule has 0 radical (unpaired) electrons. The number of nitrogens with one attached hydrogen (secondary N) is 1. The van der Waals surface area contributed by atoms with E-state index in [9.17, 15) is 4.79 Å². The predicted octanol–water partition coefficient (Wildman–Crippen LogP) is 1.34. The lowest BCUT2D eigenvalue weighted by atomic mass is 9.61. The topological polar surface area (TPSA) is 41.5 Å². The molecular formula is C10H16N2O. The van der Waals surface area contributed by atoms with Gasteiger partial charge in [0.25, 0.3) is 0 Å². The number of carbonyl (C=O) groups is 1. The number of amidine groups is 1. The molecule has 1 amide bonds. The standard InChI is InChI=1S/C10H16N2O/c1-7(2)10(4-3-5-10)9-11-6-8(13)12-9/h7H,3-6H2,1-2H3,(H,11,12,13). The number of carbonyl (C=O) groups excluding carboxylic acids is 1. The first kappa shape index (κ1) is 8.73. The lowest BCUT2D eigenvalue weighted by molar-refractivity contribution is -0.117. The summed E-state index contributed by atoms with van der Waals surface area (Å²) >= 11 is 0. The smallest absolute Gasteiger partial charge is 0.247 e. The molecular weight excluding hydrogens is 164 g/mol. The summed E-state index contributed by atoms with van der Waals surface area (Å²) in [6.45, 7) is 4.77. The van der Waals surface area contributed by atoms with E-state index in [4.69, 9.17) is 0 Å². The molecule has 72 valence electrons. The minimum Gasteiger partial charge on any atom is -0.312 e. The van der Waals surface area contributed by atoms with Crippen LogP contribution in [0.15, 0.2) is 4.99 Å². The van der Waals surface area contributed by atoms with Crippen molar-refractivity contribution in [3.63, 3.8) is 0 Å². The molecule has 1 heterocycles. The van der Waals surface area contributed by atoms with Crippen LogP contribution in [0.25, 0.3) is 0 Å². The van der Waals surface area contributed by atoms with Gasteiger partial charge in [-0.3, -0.25) is 9.79 Å². The minimum atomic E-state index is 0.0573. The molecule has 1 aliphatic heterocycles. The van der Waals surface area contributed by atoms with Crippen molar-refractivity contribution in [1.29, 1.82) is 0 Å². The van der Waals surface area contributed by atoms with Gasteiger partial charge in [0.05, 0.1) is 0 Å². The molecule has 13 heavy (non-hydrogen) atoms. The van der Waals surface area contributed by atoms with Crippen LogP contribution in [0.2, 0.25) is 0 Å².